The van der Waals surface area contributed by atoms with Crippen LogP contribution in [-0.4, -0.2) is 20.6 Å². The second-order valence-corrected chi connectivity index (χ2v) is 6.39. The fourth-order valence-electron chi connectivity index (χ4n) is 3.19. The lowest BCUT2D eigenvalue weighted by Gasteiger charge is -2.17. The van der Waals surface area contributed by atoms with Crippen LogP contribution in [0.4, 0.5) is 0 Å². The lowest BCUT2D eigenvalue weighted by molar-refractivity contribution is -0.141. The highest BCUT2D eigenvalue weighted by Gasteiger charge is 2.62. The predicted octanol–water partition coefficient (Wildman–Crippen LogP) is 2.76. The highest BCUT2D eigenvalue weighted by atomic mass is 16.4. The van der Waals surface area contributed by atoms with Crippen molar-refractivity contribution in [3.63, 3.8) is 0 Å². The molecule has 2 unspecified atom stereocenters. The van der Waals surface area contributed by atoms with Crippen LogP contribution in [-0.2, 0) is 4.79 Å². The Morgan fingerprint density at radius 3 is 2.79 bits per heavy atom. The minimum absolute atomic E-state index is 0.207. The molecule has 0 saturated heterocycles. The third kappa shape index (κ3) is 2.21. The monoisotopic (exact) mass is 320 g/mol. The van der Waals surface area contributed by atoms with Gasteiger partial charge in [-0.25, -0.2) is 4.98 Å². The number of aromatic nitrogens is 2. The molecule has 2 aromatic rings. The van der Waals surface area contributed by atoms with Gasteiger partial charge in [-0.05, 0) is 31.1 Å². The zero-order chi connectivity index (χ0) is 16.9. The Morgan fingerprint density at radius 1 is 1.33 bits per heavy atom. The molecule has 0 bridgehead atoms. The van der Waals surface area contributed by atoms with Crippen LogP contribution in [0.25, 0.3) is 18.2 Å². The molecule has 4 rings (SSSR count). The van der Waals surface area contributed by atoms with Gasteiger partial charge < -0.3 is 5.11 Å². The van der Waals surface area contributed by atoms with Gasteiger partial charge in [0.2, 0.25) is 0 Å². The van der Waals surface area contributed by atoms with Gasteiger partial charge >= 0.3 is 5.97 Å². The predicted molar refractivity (Wildman–Crippen MR) is 91.4 cm³/mol. The van der Waals surface area contributed by atoms with Gasteiger partial charge in [0.15, 0.2) is 0 Å². The summed E-state index contributed by atoms with van der Waals surface area (Å²) >= 11 is 0. The van der Waals surface area contributed by atoms with Gasteiger partial charge in [0.05, 0.1) is 11.7 Å². The lowest BCUT2D eigenvalue weighted by Crippen LogP contribution is -2.29. The maximum Gasteiger partial charge on any atom is 0.315 e. The van der Waals surface area contributed by atoms with E-state index >= 15 is 0 Å². The Balaban J connectivity index is 1.67. The van der Waals surface area contributed by atoms with E-state index in [1.54, 1.807) is 18.2 Å². The summed E-state index contributed by atoms with van der Waals surface area (Å²) in [6, 6.07) is 9.19. The molecule has 1 aromatic carbocycles. The number of rotatable bonds is 3. The number of aryl methyl sites for hydroxylation is 1. The Bertz CT molecular complexity index is 954. The van der Waals surface area contributed by atoms with Crippen LogP contribution in [0.3, 0.4) is 0 Å². The first-order valence-corrected chi connectivity index (χ1v) is 7.81. The minimum Gasteiger partial charge on any atom is -0.481 e. The van der Waals surface area contributed by atoms with Gasteiger partial charge in [-0.15, -0.1) is 0 Å². The molecule has 5 nitrogen and oxygen atoms in total. The number of hydrogen-bond donors (Lipinski definition) is 1. The Labute approximate surface area is 138 Å². The minimum atomic E-state index is -0.919. The molecule has 1 aliphatic heterocycles. The fraction of sp³-hybridized carbons (Fsp3) is 0.211. The van der Waals surface area contributed by atoms with Gasteiger partial charge in [-0.1, -0.05) is 42.0 Å². The van der Waals surface area contributed by atoms with E-state index in [4.69, 9.17) is 0 Å². The number of fused-ring (bicyclic) bond motifs is 3. The van der Waals surface area contributed by atoms with Crippen molar-refractivity contribution in [1.29, 1.82) is 0 Å². The van der Waals surface area contributed by atoms with Crippen LogP contribution in [0, 0.1) is 12.3 Å². The van der Waals surface area contributed by atoms with Crippen LogP contribution in [0.5, 0.6) is 0 Å². The maximum absolute atomic E-state index is 12.4. The second kappa shape index (κ2) is 5.03. The highest BCUT2D eigenvalue weighted by Crippen LogP contribution is 2.59. The summed E-state index contributed by atoms with van der Waals surface area (Å²) in [6.07, 6.45) is 7.46. The van der Waals surface area contributed by atoms with Crippen LogP contribution in [0.2, 0.25) is 0 Å². The molecule has 0 spiro atoms. The van der Waals surface area contributed by atoms with Gasteiger partial charge in [-0.2, -0.15) is 0 Å². The molecular weight excluding hydrogens is 304 g/mol. The van der Waals surface area contributed by atoms with Crippen molar-refractivity contribution >= 4 is 24.2 Å². The van der Waals surface area contributed by atoms with Crippen LogP contribution in [0.1, 0.15) is 35.1 Å². The number of carboxylic acid groups (broad SMARTS) is 1. The van der Waals surface area contributed by atoms with E-state index < -0.39 is 11.4 Å². The van der Waals surface area contributed by atoms with Crippen molar-refractivity contribution in [3.05, 3.63) is 69.4 Å². The van der Waals surface area contributed by atoms with E-state index in [1.807, 2.05) is 37.3 Å². The summed E-state index contributed by atoms with van der Waals surface area (Å²) in [5, 5.41) is 9.34. The van der Waals surface area contributed by atoms with E-state index in [0.29, 0.717) is 17.9 Å². The van der Waals surface area contributed by atoms with Crippen LogP contribution < -0.4 is 5.56 Å². The van der Waals surface area contributed by atoms with Crippen molar-refractivity contribution in [3.8, 4) is 0 Å². The van der Waals surface area contributed by atoms with Crippen molar-refractivity contribution in [2.24, 2.45) is 5.41 Å². The molecule has 1 saturated carbocycles. The number of carboxylic acids is 1. The summed E-state index contributed by atoms with van der Waals surface area (Å²) in [7, 11) is 0. The molecule has 1 aliphatic carbocycles. The Hall–Kier alpha value is -2.95. The largest absolute Gasteiger partial charge is 0.481 e. The average Bonchev–Trinajstić information content (AvgIpc) is 3.30. The number of benzene rings is 1. The lowest BCUT2D eigenvalue weighted by atomic mass is 10.0. The number of aliphatic carboxylic acids is 1. The molecule has 2 heterocycles. The molecule has 0 radical (unpaired) electrons. The normalized spacial score (nSPS) is 23.8. The summed E-state index contributed by atoms with van der Waals surface area (Å²) in [6.45, 7) is 2.03. The molecule has 1 aromatic heterocycles. The molecule has 24 heavy (non-hydrogen) atoms. The standard InChI is InChI=1S/C19H16N2O3/c1-12-2-4-13(5-3-12)6-7-14-10-17(22)21-15-11-19(15,18(23)24)9-8-16(21)20-14/h2-10,15H,11H2,1H3,(H,23,24)/b7-6+. The molecule has 2 aliphatic rings. The molecule has 120 valence electrons. The first-order chi connectivity index (χ1) is 11.5. The van der Waals surface area contributed by atoms with E-state index in [1.165, 1.54) is 16.2 Å². The second-order valence-electron chi connectivity index (χ2n) is 6.39. The van der Waals surface area contributed by atoms with Crippen LogP contribution in [0.15, 0.2) is 41.2 Å². The summed E-state index contributed by atoms with van der Waals surface area (Å²) in [5.74, 6) is -0.366. The van der Waals surface area contributed by atoms with Crippen molar-refractivity contribution in [1.82, 2.24) is 9.55 Å². The van der Waals surface area contributed by atoms with Crippen LogP contribution >= 0.6 is 0 Å². The van der Waals surface area contributed by atoms with Crippen molar-refractivity contribution in [2.75, 3.05) is 0 Å². The third-order valence-corrected chi connectivity index (χ3v) is 4.73. The van der Waals surface area contributed by atoms with E-state index in [9.17, 15) is 14.7 Å². The first-order valence-electron chi connectivity index (χ1n) is 7.81. The zero-order valence-electron chi connectivity index (χ0n) is 13.1. The Morgan fingerprint density at radius 2 is 2.08 bits per heavy atom. The topological polar surface area (TPSA) is 72.2 Å². The van der Waals surface area contributed by atoms with Crippen molar-refractivity contribution < 1.29 is 9.90 Å². The summed E-state index contributed by atoms with van der Waals surface area (Å²) < 4.78 is 1.50. The Kier molecular flexibility index (Phi) is 3.06. The van der Waals surface area contributed by atoms with E-state index in [0.717, 1.165) is 5.56 Å². The molecule has 0 amide bonds. The maximum atomic E-state index is 12.4. The molecular formula is C19H16N2O3. The smallest absolute Gasteiger partial charge is 0.315 e. The number of nitrogens with zero attached hydrogens (tertiary/aromatic N) is 2. The third-order valence-electron chi connectivity index (χ3n) is 4.73. The molecule has 1 fully saturated rings. The summed E-state index contributed by atoms with van der Waals surface area (Å²) in [4.78, 5) is 28.3. The first kappa shape index (κ1) is 14.6. The molecule has 5 heteroatoms. The number of hydrogen-bond acceptors (Lipinski definition) is 3. The van der Waals surface area contributed by atoms with Gasteiger partial charge in [0, 0.05) is 6.07 Å². The van der Waals surface area contributed by atoms with E-state index in [-0.39, 0.29) is 11.6 Å². The van der Waals surface area contributed by atoms with Crippen molar-refractivity contribution in [2.45, 2.75) is 19.4 Å². The molecule has 2 atom stereocenters. The van der Waals surface area contributed by atoms with E-state index in [2.05, 4.69) is 4.98 Å². The summed E-state index contributed by atoms with van der Waals surface area (Å²) in [5.41, 5.74) is 1.66. The van der Waals surface area contributed by atoms with Gasteiger partial charge in [0.1, 0.15) is 11.2 Å². The zero-order valence-corrected chi connectivity index (χ0v) is 13.1. The van der Waals surface area contributed by atoms with Gasteiger partial charge in [0.25, 0.3) is 5.56 Å². The quantitative estimate of drug-likeness (QED) is 0.944. The fourth-order valence-corrected chi connectivity index (χ4v) is 3.19. The molecule has 1 N–H and O–H groups in total. The SMILES string of the molecule is Cc1ccc(/C=C/c2cc(=O)n3c(n2)C=CC2(C(=O)O)CC32)cc1. The average molecular weight is 320 g/mol. The highest BCUT2D eigenvalue weighted by molar-refractivity contribution is 5.84. The van der Waals surface area contributed by atoms with Gasteiger partial charge in [-0.3, -0.25) is 14.2 Å². The number of carbonyl (C=O) groups is 1.